The Balaban J connectivity index is 1.18. The molecule has 29 heavy (non-hydrogen) atoms. The van der Waals surface area contributed by atoms with Crippen molar-refractivity contribution in [3.05, 3.63) is 23.8 Å². The smallest absolute Gasteiger partial charge is 0.242 e. The number of rotatable bonds is 4. The molecule has 2 saturated heterocycles. The molecule has 3 fully saturated rings. The highest BCUT2D eigenvalue weighted by Gasteiger charge is 2.40. The number of hydrogen-bond donors (Lipinski definition) is 0. The van der Waals surface area contributed by atoms with Crippen LogP contribution in [0.4, 0.5) is 0 Å². The first-order valence-corrected chi connectivity index (χ1v) is 10.3. The fourth-order valence-electron chi connectivity index (χ4n) is 4.39. The molecule has 0 spiro atoms. The van der Waals surface area contributed by atoms with E-state index in [-0.39, 0.29) is 37.0 Å². The van der Waals surface area contributed by atoms with Crippen molar-refractivity contribution in [1.82, 2.24) is 14.7 Å². The van der Waals surface area contributed by atoms with E-state index in [1.54, 1.807) is 9.80 Å². The van der Waals surface area contributed by atoms with Crippen molar-refractivity contribution in [2.75, 3.05) is 33.0 Å². The summed E-state index contributed by atoms with van der Waals surface area (Å²) in [5.74, 6) is 1.38. The maximum atomic E-state index is 13.0. The van der Waals surface area contributed by atoms with Crippen LogP contribution < -0.4 is 9.47 Å². The molecule has 5 rings (SSSR count). The van der Waals surface area contributed by atoms with Crippen LogP contribution in [0.25, 0.3) is 0 Å². The summed E-state index contributed by atoms with van der Waals surface area (Å²) < 4.78 is 10.7. The Kier molecular flexibility index (Phi) is 4.56. The normalized spacial score (nSPS) is 24.3. The van der Waals surface area contributed by atoms with Gasteiger partial charge in [-0.05, 0) is 37.0 Å². The van der Waals surface area contributed by atoms with Gasteiger partial charge < -0.3 is 24.2 Å². The van der Waals surface area contributed by atoms with Gasteiger partial charge in [-0.25, -0.2) is 0 Å². The van der Waals surface area contributed by atoms with Gasteiger partial charge in [0, 0.05) is 38.6 Å². The van der Waals surface area contributed by atoms with E-state index in [4.69, 9.17) is 9.47 Å². The number of piperidine rings is 1. The minimum atomic E-state index is -0.179. The van der Waals surface area contributed by atoms with Crippen molar-refractivity contribution in [1.29, 1.82) is 0 Å². The number of benzene rings is 1. The topological polar surface area (TPSA) is 79.4 Å². The van der Waals surface area contributed by atoms with Gasteiger partial charge in [-0.15, -0.1) is 0 Å². The van der Waals surface area contributed by atoms with Gasteiger partial charge in [-0.3, -0.25) is 14.4 Å². The van der Waals surface area contributed by atoms with E-state index in [0.717, 1.165) is 24.2 Å². The number of likely N-dealkylation sites (tertiary alicyclic amines) is 1. The van der Waals surface area contributed by atoms with Gasteiger partial charge in [0.25, 0.3) is 0 Å². The average Bonchev–Trinajstić information content (AvgIpc) is 3.46. The fraction of sp³-hybridized carbons (Fsp3) is 0.571. The van der Waals surface area contributed by atoms with E-state index in [0.29, 0.717) is 50.8 Å². The monoisotopic (exact) mass is 399 g/mol. The standard InChI is InChI=1S/C21H25N3O5/c25-19-6-2-15(11-24(19)16-3-4-16)21(27)23-8-7-22(20(26)12-23)10-14-1-5-17-18(9-14)29-13-28-17/h1,5,9,15-16H,2-4,6-8,10-13H2. The van der Waals surface area contributed by atoms with E-state index in [1.165, 1.54) is 0 Å². The van der Waals surface area contributed by atoms with Crippen molar-refractivity contribution >= 4 is 17.7 Å². The SMILES string of the molecule is O=C1CN(C(=O)C2CCC(=O)N(C3CC3)C2)CCN1Cc1ccc2c(c1)OCO2. The van der Waals surface area contributed by atoms with Crippen molar-refractivity contribution in [2.24, 2.45) is 5.92 Å². The Morgan fingerprint density at radius 1 is 1.03 bits per heavy atom. The maximum absolute atomic E-state index is 13.0. The van der Waals surface area contributed by atoms with E-state index in [1.807, 2.05) is 23.1 Å². The predicted molar refractivity (Wildman–Crippen MR) is 102 cm³/mol. The second-order valence-electron chi connectivity index (χ2n) is 8.28. The Bertz CT molecular complexity index is 853. The number of carbonyl (C=O) groups excluding carboxylic acids is 3. The molecule has 0 bridgehead atoms. The first kappa shape index (κ1) is 18.3. The zero-order valence-corrected chi connectivity index (χ0v) is 16.3. The third-order valence-corrected chi connectivity index (χ3v) is 6.22. The summed E-state index contributed by atoms with van der Waals surface area (Å²) in [5, 5.41) is 0. The van der Waals surface area contributed by atoms with Crippen molar-refractivity contribution in [2.45, 2.75) is 38.3 Å². The molecule has 0 radical (unpaired) electrons. The highest BCUT2D eigenvalue weighted by Crippen LogP contribution is 2.34. The molecule has 1 atom stereocenters. The minimum absolute atomic E-state index is 0.0132. The molecule has 4 aliphatic rings. The maximum Gasteiger partial charge on any atom is 0.242 e. The molecule has 1 aromatic carbocycles. The zero-order chi connectivity index (χ0) is 20.0. The lowest BCUT2D eigenvalue weighted by atomic mass is 9.95. The highest BCUT2D eigenvalue weighted by atomic mass is 16.7. The quantitative estimate of drug-likeness (QED) is 0.754. The second-order valence-corrected chi connectivity index (χ2v) is 8.28. The van der Waals surface area contributed by atoms with Crippen molar-refractivity contribution in [3.8, 4) is 11.5 Å². The zero-order valence-electron chi connectivity index (χ0n) is 16.3. The second kappa shape index (κ2) is 7.24. The van der Waals surface area contributed by atoms with Gasteiger partial charge in [0.1, 0.15) is 0 Å². The number of nitrogens with zero attached hydrogens (tertiary/aromatic N) is 3. The third-order valence-electron chi connectivity index (χ3n) is 6.22. The van der Waals surface area contributed by atoms with Gasteiger partial charge >= 0.3 is 0 Å². The highest BCUT2D eigenvalue weighted by molar-refractivity contribution is 5.88. The lowest BCUT2D eigenvalue weighted by molar-refractivity contribution is -0.151. The Hall–Kier alpha value is -2.77. The number of hydrogen-bond acceptors (Lipinski definition) is 5. The summed E-state index contributed by atoms with van der Waals surface area (Å²) in [4.78, 5) is 43.1. The number of piperazine rings is 1. The summed E-state index contributed by atoms with van der Waals surface area (Å²) in [7, 11) is 0. The summed E-state index contributed by atoms with van der Waals surface area (Å²) in [6, 6.07) is 6.03. The predicted octanol–water partition coefficient (Wildman–Crippen LogP) is 0.987. The summed E-state index contributed by atoms with van der Waals surface area (Å²) in [6.07, 6.45) is 3.12. The van der Waals surface area contributed by atoms with Crippen LogP contribution in [0.2, 0.25) is 0 Å². The van der Waals surface area contributed by atoms with Gasteiger partial charge in [0.2, 0.25) is 24.5 Å². The fourth-order valence-corrected chi connectivity index (χ4v) is 4.39. The molecule has 1 aromatic rings. The average molecular weight is 399 g/mol. The Morgan fingerprint density at radius 2 is 1.86 bits per heavy atom. The van der Waals surface area contributed by atoms with Crippen LogP contribution in [0.1, 0.15) is 31.2 Å². The number of fused-ring (bicyclic) bond motifs is 1. The van der Waals surface area contributed by atoms with Crippen LogP contribution in [-0.2, 0) is 20.9 Å². The minimum Gasteiger partial charge on any atom is -0.454 e. The molecular weight excluding hydrogens is 374 g/mol. The summed E-state index contributed by atoms with van der Waals surface area (Å²) in [6.45, 7) is 2.37. The molecule has 8 nitrogen and oxygen atoms in total. The molecule has 154 valence electrons. The first-order valence-electron chi connectivity index (χ1n) is 10.3. The molecule has 3 heterocycles. The van der Waals surface area contributed by atoms with Gasteiger partial charge in [-0.1, -0.05) is 6.07 Å². The van der Waals surface area contributed by atoms with E-state index in [2.05, 4.69) is 0 Å². The number of carbonyl (C=O) groups is 3. The van der Waals surface area contributed by atoms with Gasteiger partial charge in [0.05, 0.1) is 12.5 Å². The third kappa shape index (κ3) is 3.63. The molecule has 3 aliphatic heterocycles. The summed E-state index contributed by atoms with van der Waals surface area (Å²) in [5.41, 5.74) is 0.980. The van der Waals surface area contributed by atoms with Crippen LogP contribution in [0.5, 0.6) is 11.5 Å². The van der Waals surface area contributed by atoms with E-state index < -0.39 is 0 Å². The van der Waals surface area contributed by atoms with Crippen LogP contribution in [-0.4, -0.2) is 71.4 Å². The van der Waals surface area contributed by atoms with Crippen molar-refractivity contribution < 1.29 is 23.9 Å². The summed E-state index contributed by atoms with van der Waals surface area (Å²) >= 11 is 0. The Morgan fingerprint density at radius 3 is 2.66 bits per heavy atom. The first-order chi connectivity index (χ1) is 14.1. The lowest BCUT2D eigenvalue weighted by Gasteiger charge is -2.38. The lowest BCUT2D eigenvalue weighted by Crippen LogP contribution is -2.55. The molecule has 0 N–H and O–H groups in total. The van der Waals surface area contributed by atoms with Gasteiger partial charge in [0.15, 0.2) is 11.5 Å². The molecule has 0 aromatic heterocycles. The molecule has 1 saturated carbocycles. The van der Waals surface area contributed by atoms with Crippen LogP contribution >= 0.6 is 0 Å². The van der Waals surface area contributed by atoms with Crippen LogP contribution in [0.3, 0.4) is 0 Å². The van der Waals surface area contributed by atoms with Crippen LogP contribution in [0, 0.1) is 5.92 Å². The van der Waals surface area contributed by atoms with Gasteiger partial charge in [-0.2, -0.15) is 0 Å². The van der Waals surface area contributed by atoms with E-state index >= 15 is 0 Å². The van der Waals surface area contributed by atoms with E-state index in [9.17, 15) is 14.4 Å². The molecule has 1 unspecified atom stereocenters. The Labute approximate surface area is 169 Å². The number of amides is 3. The molecule has 3 amide bonds. The molecule has 1 aliphatic carbocycles. The molecule has 8 heteroatoms. The van der Waals surface area contributed by atoms with Crippen molar-refractivity contribution in [3.63, 3.8) is 0 Å². The largest absolute Gasteiger partial charge is 0.454 e. The van der Waals surface area contributed by atoms with Crippen LogP contribution in [0.15, 0.2) is 18.2 Å². The number of ether oxygens (including phenoxy) is 2. The molecular formula is C21H25N3O5.